The third-order valence-corrected chi connectivity index (χ3v) is 3.86. The summed E-state index contributed by atoms with van der Waals surface area (Å²) in [5.41, 5.74) is 0.784. The smallest absolute Gasteiger partial charge is 0.178 e. The number of rotatable bonds is 0. The third-order valence-electron chi connectivity index (χ3n) is 3.86. The van der Waals surface area contributed by atoms with Gasteiger partial charge in [0, 0.05) is 6.42 Å². The number of hydrazone groups is 1. The summed E-state index contributed by atoms with van der Waals surface area (Å²) in [7, 11) is 0. The molecule has 2 fully saturated rings. The molecule has 1 aliphatic heterocycles. The SMILES string of the molecule is CC1CCC2(OCCO2)C(C)(C)/C1=N/N. The van der Waals surface area contributed by atoms with Gasteiger partial charge in [0.05, 0.1) is 24.3 Å². The monoisotopic (exact) mass is 212 g/mol. The summed E-state index contributed by atoms with van der Waals surface area (Å²) >= 11 is 0. The van der Waals surface area contributed by atoms with Crippen molar-refractivity contribution in [1.82, 2.24) is 0 Å². The number of hydrogen-bond acceptors (Lipinski definition) is 4. The van der Waals surface area contributed by atoms with E-state index >= 15 is 0 Å². The maximum atomic E-state index is 5.82. The molecule has 1 atom stereocenters. The van der Waals surface area contributed by atoms with E-state index in [0.29, 0.717) is 19.1 Å². The first-order chi connectivity index (χ1) is 7.03. The van der Waals surface area contributed by atoms with E-state index in [2.05, 4.69) is 25.9 Å². The molecule has 0 amide bonds. The second-order valence-electron chi connectivity index (χ2n) is 5.03. The number of hydrogen-bond donors (Lipinski definition) is 1. The molecule has 0 aromatic carbocycles. The van der Waals surface area contributed by atoms with Crippen LogP contribution in [0.15, 0.2) is 5.10 Å². The van der Waals surface area contributed by atoms with Crippen molar-refractivity contribution >= 4 is 5.71 Å². The van der Waals surface area contributed by atoms with E-state index in [9.17, 15) is 0 Å². The van der Waals surface area contributed by atoms with Gasteiger partial charge < -0.3 is 15.3 Å². The second kappa shape index (κ2) is 3.46. The predicted molar refractivity (Wildman–Crippen MR) is 58.4 cm³/mol. The van der Waals surface area contributed by atoms with Gasteiger partial charge in [-0.15, -0.1) is 0 Å². The van der Waals surface area contributed by atoms with Crippen LogP contribution in [0.2, 0.25) is 0 Å². The largest absolute Gasteiger partial charge is 0.347 e. The van der Waals surface area contributed by atoms with E-state index in [-0.39, 0.29) is 5.41 Å². The van der Waals surface area contributed by atoms with Crippen molar-refractivity contribution in [3.63, 3.8) is 0 Å². The van der Waals surface area contributed by atoms with Crippen molar-refractivity contribution in [1.29, 1.82) is 0 Å². The van der Waals surface area contributed by atoms with E-state index in [1.165, 1.54) is 0 Å². The Morgan fingerprint density at radius 1 is 1.33 bits per heavy atom. The van der Waals surface area contributed by atoms with Crippen molar-refractivity contribution in [2.45, 2.75) is 39.4 Å². The Morgan fingerprint density at radius 2 is 1.93 bits per heavy atom. The topological polar surface area (TPSA) is 56.8 Å². The van der Waals surface area contributed by atoms with Gasteiger partial charge in [0.2, 0.25) is 0 Å². The number of ether oxygens (including phenoxy) is 2. The molecule has 2 aliphatic rings. The average molecular weight is 212 g/mol. The van der Waals surface area contributed by atoms with Crippen molar-refractivity contribution < 1.29 is 9.47 Å². The maximum Gasteiger partial charge on any atom is 0.178 e. The molecule has 2 N–H and O–H groups in total. The highest BCUT2D eigenvalue weighted by atomic mass is 16.7. The first-order valence-electron chi connectivity index (χ1n) is 5.60. The van der Waals surface area contributed by atoms with Crippen LogP contribution in [0.3, 0.4) is 0 Å². The van der Waals surface area contributed by atoms with Gasteiger partial charge in [0.1, 0.15) is 0 Å². The van der Waals surface area contributed by atoms with Crippen molar-refractivity contribution in [2.75, 3.05) is 13.2 Å². The molecule has 0 bridgehead atoms. The van der Waals surface area contributed by atoms with Gasteiger partial charge in [-0.2, -0.15) is 5.10 Å². The van der Waals surface area contributed by atoms with Crippen LogP contribution in [0, 0.1) is 11.3 Å². The molecule has 1 saturated carbocycles. The molecule has 86 valence electrons. The lowest BCUT2D eigenvalue weighted by Gasteiger charge is -2.48. The molecule has 2 rings (SSSR count). The van der Waals surface area contributed by atoms with Crippen LogP contribution in [-0.4, -0.2) is 24.7 Å². The van der Waals surface area contributed by atoms with Gasteiger partial charge >= 0.3 is 0 Å². The molecular weight excluding hydrogens is 192 g/mol. The molecule has 4 nitrogen and oxygen atoms in total. The molecular formula is C11H20N2O2. The summed E-state index contributed by atoms with van der Waals surface area (Å²) in [6.07, 6.45) is 1.96. The molecule has 1 saturated heterocycles. The molecule has 1 spiro atoms. The zero-order valence-corrected chi connectivity index (χ0v) is 9.75. The lowest BCUT2D eigenvalue weighted by molar-refractivity contribution is -0.219. The Labute approximate surface area is 90.8 Å². The lowest BCUT2D eigenvalue weighted by Crippen LogP contribution is -2.56. The van der Waals surface area contributed by atoms with Crippen LogP contribution in [0.1, 0.15) is 33.6 Å². The third kappa shape index (κ3) is 1.39. The molecule has 4 heteroatoms. The lowest BCUT2D eigenvalue weighted by atomic mass is 9.66. The van der Waals surface area contributed by atoms with Crippen LogP contribution in [-0.2, 0) is 9.47 Å². The van der Waals surface area contributed by atoms with E-state index in [0.717, 1.165) is 18.6 Å². The van der Waals surface area contributed by atoms with Gasteiger partial charge in [0.25, 0.3) is 0 Å². The minimum Gasteiger partial charge on any atom is -0.347 e. The van der Waals surface area contributed by atoms with E-state index in [1.807, 2.05) is 0 Å². The molecule has 15 heavy (non-hydrogen) atoms. The highest BCUT2D eigenvalue weighted by Gasteiger charge is 2.56. The normalized spacial score (nSPS) is 36.2. The summed E-state index contributed by atoms with van der Waals surface area (Å²) < 4.78 is 11.6. The molecule has 0 aromatic heterocycles. The quantitative estimate of drug-likeness (QED) is 0.489. The minimum atomic E-state index is -0.488. The maximum absolute atomic E-state index is 5.82. The Hall–Kier alpha value is -0.610. The highest BCUT2D eigenvalue weighted by Crippen LogP contribution is 2.48. The van der Waals surface area contributed by atoms with Gasteiger partial charge in [-0.25, -0.2) is 0 Å². The van der Waals surface area contributed by atoms with E-state index < -0.39 is 5.79 Å². The molecule has 0 aromatic rings. The molecule has 1 unspecified atom stereocenters. The van der Waals surface area contributed by atoms with Crippen molar-refractivity contribution in [2.24, 2.45) is 22.3 Å². The Morgan fingerprint density at radius 3 is 2.47 bits per heavy atom. The Balaban J connectivity index is 2.36. The van der Waals surface area contributed by atoms with Crippen molar-refractivity contribution in [3.05, 3.63) is 0 Å². The number of nitrogens with zero attached hydrogens (tertiary/aromatic N) is 1. The van der Waals surface area contributed by atoms with Gasteiger partial charge in [-0.05, 0) is 26.2 Å². The number of nitrogens with two attached hydrogens (primary N) is 1. The van der Waals surface area contributed by atoms with Crippen LogP contribution >= 0.6 is 0 Å². The standard InChI is InChI=1S/C11H20N2O2/c1-8-4-5-11(14-6-7-15-11)10(2,3)9(8)13-12/h8H,4-7,12H2,1-3H3/b13-9+. The minimum absolute atomic E-state index is 0.226. The highest BCUT2D eigenvalue weighted by molar-refractivity contribution is 5.93. The van der Waals surface area contributed by atoms with Crippen LogP contribution < -0.4 is 5.84 Å². The zero-order chi connectivity index (χ0) is 11.1. The zero-order valence-electron chi connectivity index (χ0n) is 9.75. The van der Waals surface area contributed by atoms with Gasteiger partial charge in [0.15, 0.2) is 5.79 Å². The fourth-order valence-corrected chi connectivity index (χ4v) is 2.92. The van der Waals surface area contributed by atoms with Gasteiger partial charge in [-0.3, -0.25) is 0 Å². The summed E-state index contributed by atoms with van der Waals surface area (Å²) in [5.74, 6) is 5.43. The molecule has 0 radical (unpaired) electrons. The summed E-state index contributed by atoms with van der Waals surface area (Å²) in [6.45, 7) is 7.74. The van der Waals surface area contributed by atoms with E-state index in [4.69, 9.17) is 15.3 Å². The van der Waals surface area contributed by atoms with Crippen molar-refractivity contribution in [3.8, 4) is 0 Å². The van der Waals surface area contributed by atoms with Crippen LogP contribution in [0.25, 0.3) is 0 Å². The van der Waals surface area contributed by atoms with Crippen LogP contribution in [0.4, 0.5) is 0 Å². The second-order valence-corrected chi connectivity index (χ2v) is 5.03. The Kier molecular flexibility index (Phi) is 2.51. The molecule has 1 heterocycles. The van der Waals surface area contributed by atoms with Crippen LogP contribution in [0.5, 0.6) is 0 Å². The molecule has 1 aliphatic carbocycles. The summed E-state index contributed by atoms with van der Waals surface area (Å²) in [6, 6.07) is 0. The first-order valence-corrected chi connectivity index (χ1v) is 5.60. The Bertz CT molecular complexity index is 280. The first kappa shape index (κ1) is 10.9. The van der Waals surface area contributed by atoms with E-state index in [1.54, 1.807) is 0 Å². The fraction of sp³-hybridized carbons (Fsp3) is 0.909. The average Bonchev–Trinajstić information content (AvgIpc) is 2.63. The fourth-order valence-electron chi connectivity index (χ4n) is 2.92. The predicted octanol–water partition coefficient (Wildman–Crippen LogP) is 1.50. The van der Waals surface area contributed by atoms with Gasteiger partial charge in [-0.1, -0.05) is 6.92 Å². The summed E-state index contributed by atoms with van der Waals surface area (Å²) in [4.78, 5) is 0. The summed E-state index contributed by atoms with van der Waals surface area (Å²) in [5, 5.41) is 3.96.